The highest BCUT2D eigenvalue weighted by Gasteiger charge is 2.26. The zero-order valence-electron chi connectivity index (χ0n) is 22.0. The van der Waals surface area contributed by atoms with Crippen molar-refractivity contribution in [1.29, 1.82) is 0 Å². The van der Waals surface area contributed by atoms with E-state index in [0.29, 0.717) is 35.3 Å². The minimum Gasteiger partial charge on any atom is -0.504 e. The van der Waals surface area contributed by atoms with Crippen LogP contribution in [0.5, 0.6) is 11.5 Å². The number of carbonyl (C=O) groups excluding carboxylic acids is 1. The van der Waals surface area contributed by atoms with Crippen molar-refractivity contribution in [3.8, 4) is 33.8 Å². The molecule has 40 heavy (non-hydrogen) atoms. The van der Waals surface area contributed by atoms with Gasteiger partial charge in [-0.15, -0.1) is 0 Å². The highest BCUT2D eigenvalue weighted by atomic mass is 19.1. The molecule has 1 unspecified atom stereocenters. The van der Waals surface area contributed by atoms with Gasteiger partial charge < -0.3 is 25.3 Å². The number of aryl methyl sites for hydroxylation is 2. The first kappa shape index (κ1) is 25.6. The Labute approximate surface area is 231 Å². The average molecular weight is 537 g/mol. The van der Waals surface area contributed by atoms with Gasteiger partial charge in [0.25, 0.3) is 5.91 Å². The van der Waals surface area contributed by atoms with E-state index in [2.05, 4.69) is 10.3 Å². The standard InChI is InChI=1S/C33H29FN2O4/c1-40-32-14-20-11-10-19-13-27(24-7-2-4-8-29(24)34)28(15-25(19)26(20)16-31(32)38)33(39)36-22(18-37)12-21-17-35-30-9-5-3-6-23(21)30/h2-9,13-17,22,35,37-38H,10-12,18H2,1H3,(H,36,39). The summed E-state index contributed by atoms with van der Waals surface area (Å²) in [6.07, 6.45) is 3.72. The van der Waals surface area contributed by atoms with E-state index in [-0.39, 0.29) is 12.4 Å². The number of hydrogen-bond acceptors (Lipinski definition) is 4. The molecular formula is C33H29FN2O4. The molecule has 1 atom stereocenters. The Kier molecular flexibility index (Phi) is 6.74. The van der Waals surface area contributed by atoms with Crippen LogP contribution < -0.4 is 10.1 Å². The number of halogens is 1. The van der Waals surface area contributed by atoms with Crippen molar-refractivity contribution in [3.63, 3.8) is 0 Å². The van der Waals surface area contributed by atoms with Gasteiger partial charge in [-0.3, -0.25) is 4.79 Å². The molecular weight excluding hydrogens is 507 g/mol. The van der Waals surface area contributed by atoms with Gasteiger partial charge in [0.15, 0.2) is 11.5 Å². The Morgan fingerprint density at radius 1 is 0.975 bits per heavy atom. The van der Waals surface area contributed by atoms with Crippen molar-refractivity contribution in [2.24, 2.45) is 0 Å². The van der Waals surface area contributed by atoms with E-state index >= 15 is 4.39 Å². The van der Waals surface area contributed by atoms with Gasteiger partial charge in [-0.2, -0.15) is 0 Å². The molecule has 6 nitrogen and oxygen atoms in total. The van der Waals surface area contributed by atoms with Gasteiger partial charge in [0.2, 0.25) is 0 Å². The number of aromatic nitrogens is 1. The molecule has 0 saturated carbocycles. The van der Waals surface area contributed by atoms with E-state index in [1.54, 1.807) is 30.3 Å². The number of benzene rings is 4. The summed E-state index contributed by atoms with van der Waals surface area (Å²) in [6, 6.07) is 20.8. The number of aliphatic hydroxyl groups excluding tert-OH is 1. The lowest BCUT2D eigenvalue weighted by atomic mass is 9.82. The molecule has 1 aliphatic carbocycles. The van der Waals surface area contributed by atoms with E-state index in [9.17, 15) is 15.0 Å². The monoisotopic (exact) mass is 536 g/mol. The van der Waals surface area contributed by atoms with E-state index in [4.69, 9.17) is 4.74 Å². The second kappa shape index (κ2) is 10.5. The number of para-hydroxylation sites is 1. The molecule has 4 N–H and O–H groups in total. The van der Waals surface area contributed by atoms with E-state index in [1.807, 2.05) is 42.6 Å². The molecule has 202 valence electrons. The largest absolute Gasteiger partial charge is 0.504 e. The Morgan fingerprint density at radius 2 is 1.70 bits per heavy atom. The predicted molar refractivity (Wildman–Crippen MR) is 153 cm³/mol. The summed E-state index contributed by atoms with van der Waals surface area (Å²) in [7, 11) is 1.51. The van der Waals surface area contributed by atoms with Crippen LogP contribution in [0.25, 0.3) is 33.2 Å². The maximum Gasteiger partial charge on any atom is 0.252 e. The highest BCUT2D eigenvalue weighted by molar-refractivity contribution is 6.03. The molecule has 1 aromatic heterocycles. The number of ether oxygens (including phenoxy) is 1. The number of methoxy groups -OCH3 is 1. The molecule has 0 bridgehead atoms. The normalized spacial score (nSPS) is 13.0. The second-order valence-electron chi connectivity index (χ2n) is 10.1. The molecule has 0 fully saturated rings. The fourth-order valence-electron chi connectivity index (χ4n) is 5.68. The first-order valence-corrected chi connectivity index (χ1v) is 13.3. The maximum absolute atomic E-state index is 15.0. The van der Waals surface area contributed by atoms with E-state index in [1.165, 1.54) is 13.2 Å². The molecule has 0 saturated heterocycles. The van der Waals surface area contributed by atoms with Crippen molar-refractivity contribution < 1.29 is 24.1 Å². The average Bonchev–Trinajstić information content (AvgIpc) is 3.38. The third kappa shape index (κ3) is 4.58. The van der Waals surface area contributed by atoms with Crippen molar-refractivity contribution >= 4 is 16.8 Å². The summed E-state index contributed by atoms with van der Waals surface area (Å²) in [5, 5.41) is 24.7. The molecule has 0 radical (unpaired) electrons. The number of phenolic OH excluding ortho intramolecular Hbond substituents is 1. The second-order valence-corrected chi connectivity index (χ2v) is 10.1. The Balaban J connectivity index is 1.41. The number of aromatic amines is 1. The Morgan fingerprint density at radius 3 is 2.48 bits per heavy atom. The molecule has 1 amide bonds. The van der Waals surface area contributed by atoms with E-state index < -0.39 is 17.8 Å². The minimum atomic E-state index is -0.559. The van der Waals surface area contributed by atoms with Crippen LogP contribution in [0, 0.1) is 5.82 Å². The molecule has 0 aliphatic heterocycles. The molecule has 7 heteroatoms. The summed E-state index contributed by atoms with van der Waals surface area (Å²) in [6.45, 7) is -0.262. The SMILES string of the molecule is COc1cc2c(cc1O)-c1cc(C(=O)NC(CO)Cc3c[nH]c4ccccc34)c(-c3ccccc3F)cc1CC2. The zero-order chi connectivity index (χ0) is 27.8. The van der Waals surface area contributed by atoms with Crippen molar-refractivity contribution in [2.75, 3.05) is 13.7 Å². The summed E-state index contributed by atoms with van der Waals surface area (Å²) in [4.78, 5) is 17.1. The highest BCUT2D eigenvalue weighted by Crippen LogP contribution is 2.42. The van der Waals surface area contributed by atoms with Crippen molar-refractivity contribution in [1.82, 2.24) is 10.3 Å². The van der Waals surface area contributed by atoms with Crippen LogP contribution in [0.1, 0.15) is 27.0 Å². The predicted octanol–water partition coefficient (Wildman–Crippen LogP) is 5.79. The number of carbonyl (C=O) groups is 1. The molecule has 6 rings (SSSR count). The topological polar surface area (TPSA) is 94.6 Å². The number of fused-ring (bicyclic) bond motifs is 4. The number of phenols is 1. The van der Waals surface area contributed by atoms with Crippen LogP contribution in [-0.4, -0.2) is 40.9 Å². The van der Waals surface area contributed by atoms with Crippen LogP contribution in [0.15, 0.2) is 79.0 Å². The first-order chi connectivity index (χ1) is 19.5. The number of H-pyrrole nitrogens is 1. The minimum absolute atomic E-state index is 0.0114. The van der Waals surface area contributed by atoms with E-state index in [0.717, 1.165) is 45.1 Å². The molecule has 4 aromatic carbocycles. The number of nitrogens with one attached hydrogen (secondary N) is 2. The molecule has 5 aromatic rings. The summed E-state index contributed by atoms with van der Waals surface area (Å²) in [5.74, 6) is -0.430. The van der Waals surface area contributed by atoms with Crippen LogP contribution in [0.3, 0.4) is 0 Å². The zero-order valence-corrected chi connectivity index (χ0v) is 22.0. The number of amides is 1. The third-order valence-electron chi connectivity index (χ3n) is 7.71. The summed E-state index contributed by atoms with van der Waals surface area (Å²) >= 11 is 0. The quantitative estimate of drug-likeness (QED) is 0.212. The van der Waals surface area contributed by atoms with Crippen molar-refractivity contribution in [3.05, 3.63) is 107 Å². The van der Waals surface area contributed by atoms with Gasteiger partial charge in [0.1, 0.15) is 5.82 Å². The van der Waals surface area contributed by atoms with Gasteiger partial charge in [0.05, 0.1) is 19.8 Å². The van der Waals surface area contributed by atoms with Gasteiger partial charge in [-0.25, -0.2) is 4.39 Å². The van der Waals surface area contributed by atoms with Gasteiger partial charge in [-0.1, -0.05) is 36.4 Å². The summed E-state index contributed by atoms with van der Waals surface area (Å²) < 4.78 is 20.3. The number of rotatable bonds is 7. The van der Waals surface area contributed by atoms with Gasteiger partial charge >= 0.3 is 0 Å². The van der Waals surface area contributed by atoms with Crippen LogP contribution in [-0.2, 0) is 19.3 Å². The summed E-state index contributed by atoms with van der Waals surface area (Å²) in [5.41, 5.74) is 6.65. The van der Waals surface area contributed by atoms with Crippen LogP contribution in [0.2, 0.25) is 0 Å². The first-order valence-electron chi connectivity index (χ1n) is 13.3. The van der Waals surface area contributed by atoms with Crippen molar-refractivity contribution in [2.45, 2.75) is 25.3 Å². The molecule has 1 aliphatic rings. The Hall–Kier alpha value is -4.62. The Bertz CT molecular complexity index is 1740. The molecule has 1 heterocycles. The third-order valence-corrected chi connectivity index (χ3v) is 7.71. The number of aromatic hydroxyl groups is 1. The van der Waals surface area contributed by atoms with Gasteiger partial charge in [0, 0.05) is 28.2 Å². The van der Waals surface area contributed by atoms with Gasteiger partial charge in [-0.05, 0) is 89.0 Å². The molecule has 0 spiro atoms. The fraction of sp³-hybridized carbons (Fsp3) is 0.182. The number of aliphatic hydroxyl groups is 1. The maximum atomic E-state index is 15.0. The smallest absolute Gasteiger partial charge is 0.252 e. The van der Waals surface area contributed by atoms with Crippen LogP contribution in [0.4, 0.5) is 4.39 Å². The lowest BCUT2D eigenvalue weighted by Crippen LogP contribution is -2.39. The van der Waals surface area contributed by atoms with Crippen LogP contribution >= 0.6 is 0 Å². The lowest BCUT2D eigenvalue weighted by Gasteiger charge is -2.24. The number of hydrogen-bond donors (Lipinski definition) is 4. The lowest BCUT2D eigenvalue weighted by molar-refractivity contribution is 0.0917. The fourth-order valence-corrected chi connectivity index (χ4v) is 5.68.